The minimum absolute atomic E-state index is 0. The SMILES string of the molecule is CCCCCCCCCCCCCCC/C=C/OC(=O)c1cccc(S(=O)(=O)[O-])c1C(=O)O/C=C/CCCCCCCCCCCCCCC.[Na+]. The molecule has 1 aromatic carbocycles. The molecule has 0 heterocycles. The molecule has 0 unspecified atom stereocenters. The van der Waals surface area contributed by atoms with Gasteiger partial charge in [-0.25, -0.2) is 18.0 Å². The first-order valence-corrected chi connectivity index (χ1v) is 21.5. The molecule has 0 atom stereocenters. The van der Waals surface area contributed by atoms with Crippen LogP contribution in [0, 0.1) is 0 Å². The molecule has 51 heavy (non-hydrogen) atoms. The van der Waals surface area contributed by atoms with Crippen LogP contribution in [0.5, 0.6) is 0 Å². The summed E-state index contributed by atoms with van der Waals surface area (Å²) in [5.74, 6) is -2.02. The first-order chi connectivity index (χ1) is 24.3. The summed E-state index contributed by atoms with van der Waals surface area (Å²) in [6.07, 6.45) is 40.2. The number of rotatable bonds is 33. The number of benzene rings is 1. The van der Waals surface area contributed by atoms with Gasteiger partial charge in [0.05, 0.1) is 28.5 Å². The smallest absolute Gasteiger partial charge is 0.744 e. The number of hydrogen-bond acceptors (Lipinski definition) is 7. The van der Waals surface area contributed by atoms with Gasteiger partial charge in [-0.3, -0.25) is 0 Å². The zero-order valence-electron chi connectivity index (χ0n) is 32.6. The summed E-state index contributed by atoms with van der Waals surface area (Å²) < 4.78 is 46.1. The van der Waals surface area contributed by atoms with Gasteiger partial charge in [0.1, 0.15) is 10.1 Å². The van der Waals surface area contributed by atoms with Gasteiger partial charge < -0.3 is 14.0 Å². The first kappa shape index (κ1) is 49.6. The molecule has 9 heteroatoms. The Morgan fingerprint density at radius 3 is 1.24 bits per heavy atom. The largest absolute Gasteiger partial charge is 1.00 e. The van der Waals surface area contributed by atoms with Gasteiger partial charge in [-0.2, -0.15) is 0 Å². The van der Waals surface area contributed by atoms with Crippen molar-refractivity contribution in [3.05, 3.63) is 54.0 Å². The number of hydrogen-bond donors (Lipinski definition) is 0. The molecule has 1 rings (SSSR count). The number of esters is 2. The third-order valence-corrected chi connectivity index (χ3v) is 10.1. The number of carbonyl (C=O) groups is 2. The molecule has 0 amide bonds. The summed E-state index contributed by atoms with van der Waals surface area (Å²) >= 11 is 0. The Hall–Kier alpha value is -1.45. The number of ether oxygens (including phenoxy) is 2. The van der Waals surface area contributed by atoms with E-state index in [1.807, 2.05) is 0 Å². The third kappa shape index (κ3) is 26.9. The zero-order valence-corrected chi connectivity index (χ0v) is 35.4. The Bertz CT molecular complexity index is 1180. The van der Waals surface area contributed by atoms with E-state index in [2.05, 4.69) is 13.8 Å². The van der Waals surface area contributed by atoms with Gasteiger partial charge in [0.15, 0.2) is 0 Å². The molecular weight excluding hydrogens is 672 g/mol. The predicted molar refractivity (Wildman–Crippen MR) is 204 cm³/mol. The fraction of sp³-hybridized carbons (Fsp3) is 0.714. The van der Waals surface area contributed by atoms with E-state index in [0.717, 1.165) is 44.6 Å². The first-order valence-electron chi connectivity index (χ1n) is 20.1. The number of unbranched alkanes of at least 4 members (excludes halogenated alkanes) is 26. The molecule has 0 N–H and O–H groups in total. The minimum atomic E-state index is -5.05. The summed E-state index contributed by atoms with van der Waals surface area (Å²) in [5.41, 5.74) is -0.939. The van der Waals surface area contributed by atoms with Crippen molar-refractivity contribution in [1.29, 1.82) is 0 Å². The van der Waals surface area contributed by atoms with E-state index in [4.69, 9.17) is 9.47 Å². The normalized spacial score (nSPS) is 11.7. The predicted octanol–water partition coefficient (Wildman–Crippen LogP) is 9.90. The average Bonchev–Trinajstić information content (AvgIpc) is 3.10. The molecule has 0 spiro atoms. The van der Waals surface area contributed by atoms with Crippen molar-refractivity contribution in [2.24, 2.45) is 0 Å². The molecule has 0 aromatic heterocycles. The molecule has 0 radical (unpaired) electrons. The second-order valence-electron chi connectivity index (χ2n) is 13.7. The van der Waals surface area contributed by atoms with Crippen molar-refractivity contribution in [3.8, 4) is 0 Å². The summed E-state index contributed by atoms with van der Waals surface area (Å²) in [7, 11) is -5.05. The third-order valence-electron chi connectivity index (χ3n) is 9.21. The van der Waals surface area contributed by atoms with Crippen LogP contribution in [0.25, 0.3) is 0 Å². The summed E-state index contributed by atoms with van der Waals surface area (Å²) in [6, 6.07) is 3.49. The van der Waals surface area contributed by atoms with Gasteiger partial charge in [-0.1, -0.05) is 174 Å². The van der Waals surface area contributed by atoms with Gasteiger partial charge in [0.2, 0.25) is 0 Å². The van der Waals surface area contributed by atoms with Gasteiger partial charge in [-0.05, 0) is 50.0 Å². The van der Waals surface area contributed by atoms with Crippen LogP contribution < -0.4 is 29.6 Å². The van der Waals surface area contributed by atoms with Gasteiger partial charge >= 0.3 is 41.5 Å². The molecule has 0 fully saturated rings. The van der Waals surface area contributed by atoms with E-state index in [0.29, 0.717) is 6.42 Å². The van der Waals surface area contributed by atoms with Crippen molar-refractivity contribution < 1.29 is 61.6 Å². The van der Waals surface area contributed by atoms with Crippen LogP contribution in [0.15, 0.2) is 47.8 Å². The van der Waals surface area contributed by atoms with E-state index in [-0.39, 0.29) is 35.1 Å². The van der Waals surface area contributed by atoms with E-state index >= 15 is 0 Å². The van der Waals surface area contributed by atoms with Crippen molar-refractivity contribution in [1.82, 2.24) is 0 Å². The van der Waals surface area contributed by atoms with Crippen LogP contribution in [-0.2, 0) is 19.6 Å². The van der Waals surface area contributed by atoms with Crippen LogP contribution in [0.1, 0.15) is 214 Å². The topological polar surface area (TPSA) is 110 Å². The maximum absolute atomic E-state index is 12.9. The Balaban J connectivity index is 0.0000250. The average molecular weight is 741 g/mol. The Morgan fingerprint density at radius 2 is 0.882 bits per heavy atom. The van der Waals surface area contributed by atoms with Crippen LogP contribution in [-0.4, -0.2) is 24.9 Å². The molecule has 0 saturated carbocycles. The van der Waals surface area contributed by atoms with Crippen molar-refractivity contribution >= 4 is 22.1 Å². The van der Waals surface area contributed by atoms with Gasteiger partial charge in [0.25, 0.3) is 0 Å². The second kappa shape index (κ2) is 34.3. The van der Waals surface area contributed by atoms with Crippen molar-refractivity contribution in [2.45, 2.75) is 199 Å². The summed E-state index contributed by atoms with van der Waals surface area (Å²) in [6.45, 7) is 4.49. The van der Waals surface area contributed by atoms with Crippen LogP contribution in [0.4, 0.5) is 0 Å². The molecule has 0 aliphatic carbocycles. The monoisotopic (exact) mass is 740 g/mol. The molecule has 0 aliphatic rings. The molecule has 0 aliphatic heterocycles. The molecule has 0 saturated heterocycles. The zero-order chi connectivity index (χ0) is 36.5. The van der Waals surface area contributed by atoms with Crippen LogP contribution in [0.3, 0.4) is 0 Å². The summed E-state index contributed by atoms with van der Waals surface area (Å²) in [5, 5.41) is 0. The standard InChI is InChI=1S/C42H70O7S.Na/c1-3-5-7-9-11-13-15-17-19-21-23-25-27-29-31-36-48-41(43)38-34-33-35-39(50(45,46)47)40(38)42(44)49-37-32-30-28-26-24-22-20-18-16-14-12-10-8-6-4-2;/h31-37H,3-30H2,1-2H3,(H,45,46,47);/q;+1/p-1/b36-31+,37-32+;. The number of carbonyl (C=O) groups excluding carboxylic acids is 2. The Kier molecular flexibility index (Phi) is 33.4. The van der Waals surface area contributed by atoms with Crippen LogP contribution >= 0.6 is 0 Å². The van der Waals surface area contributed by atoms with Gasteiger partial charge in [0, 0.05) is 0 Å². The van der Waals surface area contributed by atoms with E-state index in [1.54, 1.807) is 12.2 Å². The molecule has 0 bridgehead atoms. The Labute approximate surface area is 334 Å². The van der Waals surface area contributed by atoms with E-state index in [9.17, 15) is 22.6 Å². The number of allylic oxidation sites excluding steroid dienone is 2. The quantitative estimate of drug-likeness (QED) is 0.0232. The van der Waals surface area contributed by atoms with Gasteiger partial charge in [-0.15, -0.1) is 0 Å². The van der Waals surface area contributed by atoms with Crippen molar-refractivity contribution in [3.63, 3.8) is 0 Å². The van der Waals surface area contributed by atoms with Crippen LogP contribution in [0.2, 0.25) is 0 Å². The fourth-order valence-electron chi connectivity index (χ4n) is 6.16. The summed E-state index contributed by atoms with van der Waals surface area (Å²) in [4.78, 5) is 24.9. The fourth-order valence-corrected chi connectivity index (χ4v) is 6.85. The molecular formula is C42H69NaO7S. The molecule has 1 aromatic rings. The van der Waals surface area contributed by atoms with E-state index in [1.165, 1.54) is 159 Å². The minimum Gasteiger partial charge on any atom is -0.744 e. The molecule has 7 nitrogen and oxygen atoms in total. The van der Waals surface area contributed by atoms with E-state index < -0.39 is 32.5 Å². The van der Waals surface area contributed by atoms with Crippen molar-refractivity contribution in [2.75, 3.05) is 0 Å². The maximum Gasteiger partial charge on any atom is 1.00 e. The molecule has 286 valence electrons. The Morgan fingerprint density at radius 1 is 0.549 bits per heavy atom. The maximum atomic E-state index is 12.9. The second-order valence-corrected chi connectivity index (χ2v) is 15.1.